The molecule has 0 aromatic heterocycles. The molecule has 1 aliphatic carbocycles. The van der Waals surface area contributed by atoms with Gasteiger partial charge in [0.2, 0.25) is 0 Å². The molecule has 1 nitrogen and oxygen atoms in total. The quantitative estimate of drug-likeness (QED) is 0.635. The van der Waals surface area contributed by atoms with Crippen molar-refractivity contribution < 1.29 is 4.79 Å². The molecule has 0 unspecified atom stereocenters. The molecule has 0 aliphatic heterocycles. The molecular weight excluding hydrogens is 160 g/mol. The molecule has 78 valence electrons. The van der Waals surface area contributed by atoms with Gasteiger partial charge in [-0.05, 0) is 12.8 Å². The molecule has 0 N–H and O–H groups in total. The second kappa shape index (κ2) is 8.28. The van der Waals surface area contributed by atoms with Crippen LogP contribution in [0, 0.1) is 5.92 Å². The smallest absolute Gasteiger partial charge is 0.130 e. The summed E-state index contributed by atoms with van der Waals surface area (Å²) in [6, 6.07) is 0. The van der Waals surface area contributed by atoms with Crippen molar-refractivity contribution in [3.63, 3.8) is 0 Å². The summed E-state index contributed by atoms with van der Waals surface area (Å²) in [4.78, 5) is 10.3. The van der Waals surface area contributed by atoms with Gasteiger partial charge in [0, 0.05) is 6.42 Å². The fourth-order valence-corrected chi connectivity index (χ4v) is 1.64. The van der Waals surface area contributed by atoms with Gasteiger partial charge in [-0.25, -0.2) is 0 Å². The zero-order valence-corrected chi connectivity index (χ0v) is 9.44. The average Bonchev–Trinajstić information content (AvgIpc) is 2.06. The number of hydrogen-bond donors (Lipinski definition) is 0. The van der Waals surface area contributed by atoms with Crippen LogP contribution >= 0.6 is 0 Å². The molecule has 1 aliphatic rings. The van der Waals surface area contributed by atoms with E-state index in [1.807, 2.05) is 13.8 Å². The van der Waals surface area contributed by atoms with Gasteiger partial charge >= 0.3 is 0 Å². The van der Waals surface area contributed by atoms with Crippen molar-refractivity contribution in [1.29, 1.82) is 0 Å². The minimum absolute atomic E-state index is 0.287. The number of carbonyl (C=O) groups is 1. The Hall–Kier alpha value is -0.330. The van der Waals surface area contributed by atoms with Crippen LogP contribution in [0.2, 0.25) is 0 Å². The molecule has 0 heterocycles. The predicted octanol–water partition coefficient (Wildman–Crippen LogP) is 3.96. The number of carbonyl (C=O) groups excluding carboxylic acids is 1. The topological polar surface area (TPSA) is 17.1 Å². The van der Waals surface area contributed by atoms with Crippen molar-refractivity contribution in [2.45, 2.75) is 65.7 Å². The minimum Gasteiger partial charge on any atom is -0.300 e. The lowest BCUT2D eigenvalue weighted by atomic mass is 10.0. The van der Waals surface area contributed by atoms with Crippen LogP contribution in [0.3, 0.4) is 0 Å². The highest BCUT2D eigenvalue weighted by atomic mass is 16.1. The van der Waals surface area contributed by atoms with E-state index in [4.69, 9.17) is 0 Å². The van der Waals surface area contributed by atoms with E-state index < -0.39 is 0 Å². The van der Waals surface area contributed by atoms with Crippen LogP contribution in [0.5, 0.6) is 0 Å². The highest BCUT2D eigenvalue weighted by Gasteiger charge is 1.95. The molecule has 13 heavy (non-hydrogen) atoms. The second-order valence-corrected chi connectivity index (χ2v) is 4.42. The second-order valence-electron chi connectivity index (χ2n) is 4.42. The Balaban J connectivity index is 0.000000223. The highest BCUT2D eigenvalue weighted by molar-refractivity contribution is 5.75. The van der Waals surface area contributed by atoms with E-state index in [0.717, 1.165) is 6.42 Å². The average molecular weight is 184 g/mol. The van der Waals surface area contributed by atoms with Gasteiger partial charge in [-0.1, -0.05) is 52.4 Å². The normalized spacial score (nSPS) is 16.3. The molecule has 1 fully saturated rings. The first-order valence-corrected chi connectivity index (χ1v) is 5.62. The minimum atomic E-state index is 0.287. The van der Waals surface area contributed by atoms with E-state index >= 15 is 0 Å². The van der Waals surface area contributed by atoms with Crippen molar-refractivity contribution in [2.24, 2.45) is 5.92 Å². The van der Waals surface area contributed by atoms with Crippen LogP contribution < -0.4 is 0 Å². The summed E-state index contributed by atoms with van der Waals surface area (Å²) in [5, 5.41) is 0. The van der Waals surface area contributed by atoms with Crippen molar-refractivity contribution >= 4 is 5.78 Å². The zero-order chi connectivity index (χ0) is 10.1. The van der Waals surface area contributed by atoms with Gasteiger partial charge in [-0.3, -0.25) is 0 Å². The van der Waals surface area contributed by atoms with Gasteiger partial charge in [-0.2, -0.15) is 0 Å². The molecule has 0 radical (unpaired) electrons. The Labute approximate surface area is 82.9 Å². The number of Topliss-reactive ketones (excluding diaryl/α,β-unsaturated/α-hetero) is 1. The first-order valence-electron chi connectivity index (χ1n) is 5.62. The van der Waals surface area contributed by atoms with Crippen LogP contribution in [0.4, 0.5) is 0 Å². The lowest BCUT2D eigenvalue weighted by molar-refractivity contribution is -0.117. The van der Waals surface area contributed by atoms with Crippen LogP contribution in [0.1, 0.15) is 65.7 Å². The maximum Gasteiger partial charge on any atom is 0.130 e. The summed E-state index contributed by atoms with van der Waals surface area (Å²) in [6.45, 7) is 5.71. The predicted molar refractivity (Wildman–Crippen MR) is 57.8 cm³/mol. The van der Waals surface area contributed by atoms with E-state index in [2.05, 4.69) is 0 Å². The largest absolute Gasteiger partial charge is 0.300 e. The highest BCUT2D eigenvalue weighted by Crippen LogP contribution is 2.15. The number of ketones is 1. The van der Waals surface area contributed by atoms with Gasteiger partial charge in [0.05, 0.1) is 0 Å². The lowest BCUT2D eigenvalue weighted by Gasteiger charge is -2.05. The van der Waals surface area contributed by atoms with Gasteiger partial charge in [0.1, 0.15) is 5.78 Å². The molecule has 0 spiro atoms. The van der Waals surface area contributed by atoms with Crippen molar-refractivity contribution in [2.75, 3.05) is 0 Å². The van der Waals surface area contributed by atoms with Crippen LogP contribution in [-0.2, 0) is 4.79 Å². The van der Waals surface area contributed by atoms with E-state index in [9.17, 15) is 4.79 Å². The third kappa shape index (κ3) is 11.7. The summed E-state index contributed by atoms with van der Waals surface area (Å²) in [5.74, 6) is 0.813. The van der Waals surface area contributed by atoms with Crippen molar-refractivity contribution in [3.05, 3.63) is 0 Å². The molecule has 1 heteroatoms. The van der Waals surface area contributed by atoms with Crippen LogP contribution in [0.25, 0.3) is 0 Å². The maximum absolute atomic E-state index is 10.3. The third-order valence-corrected chi connectivity index (χ3v) is 2.20. The van der Waals surface area contributed by atoms with Crippen LogP contribution in [-0.4, -0.2) is 5.78 Å². The molecule has 1 saturated carbocycles. The van der Waals surface area contributed by atoms with Gasteiger partial charge in [-0.15, -0.1) is 0 Å². The Bertz CT molecular complexity index is 112. The van der Waals surface area contributed by atoms with Crippen LogP contribution in [0.15, 0.2) is 0 Å². The van der Waals surface area contributed by atoms with Crippen molar-refractivity contribution in [3.8, 4) is 0 Å². The molecule has 0 aromatic carbocycles. The standard InChI is InChI=1S/C6H12O.C6H12/c1-5(2)4-6(3)7;1-2-4-6-5-3-1/h5H,4H2,1-3H3;1-6H2. The third-order valence-electron chi connectivity index (χ3n) is 2.20. The fourth-order valence-electron chi connectivity index (χ4n) is 1.64. The SMILES string of the molecule is C1CCCCC1.CC(=O)CC(C)C. The number of rotatable bonds is 2. The Kier molecular flexibility index (Phi) is 8.07. The summed E-state index contributed by atoms with van der Waals surface area (Å²) in [5.41, 5.74) is 0. The molecule has 0 saturated heterocycles. The van der Waals surface area contributed by atoms with E-state index in [1.54, 1.807) is 6.92 Å². The summed E-state index contributed by atoms with van der Waals surface area (Å²) in [7, 11) is 0. The van der Waals surface area contributed by atoms with E-state index in [0.29, 0.717) is 5.92 Å². The Morgan fingerprint density at radius 3 is 1.38 bits per heavy atom. The van der Waals surface area contributed by atoms with Gasteiger partial charge < -0.3 is 4.79 Å². The molecule has 0 bridgehead atoms. The first kappa shape index (κ1) is 12.7. The van der Waals surface area contributed by atoms with E-state index in [1.165, 1.54) is 38.5 Å². The summed E-state index contributed by atoms with van der Waals surface area (Å²) >= 11 is 0. The van der Waals surface area contributed by atoms with E-state index in [-0.39, 0.29) is 5.78 Å². The first-order chi connectivity index (χ1) is 6.13. The van der Waals surface area contributed by atoms with Gasteiger partial charge in [0.15, 0.2) is 0 Å². The molecule has 0 amide bonds. The molecule has 0 aromatic rings. The zero-order valence-electron chi connectivity index (χ0n) is 9.44. The maximum atomic E-state index is 10.3. The lowest BCUT2D eigenvalue weighted by Crippen LogP contribution is -1.95. The molecule has 0 atom stereocenters. The fraction of sp³-hybridized carbons (Fsp3) is 0.917. The summed E-state index contributed by atoms with van der Waals surface area (Å²) in [6.07, 6.45) is 9.72. The van der Waals surface area contributed by atoms with Crippen molar-refractivity contribution in [1.82, 2.24) is 0 Å². The monoisotopic (exact) mass is 184 g/mol. The Morgan fingerprint density at radius 2 is 1.31 bits per heavy atom. The Morgan fingerprint density at radius 1 is 1.00 bits per heavy atom. The summed E-state index contributed by atoms with van der Waals surface area (Å²) < 4.78 is 0. The molecular formula is C12H24O. The number of hydrogen-bond acceptors (Lipinski definition) is 1. The molecule has 1 rings (SSSR count). The van der Waals surface area contributed by atoms with Gasteiger partial charge in [0.25, 0.3) is 0 Å².